The Balaban J connectivity index is 2.16. The minimum absolute atomic E-state index is 0.449. The molecular formula is C14H23N5S. The van der Waals surface area contributed by atoms with Crippen molar-refractivity contribution in [2.75, 3.05) is 12.0 Å². The molecule has 2 N–H and O–H groups in total. The fourth-order valence-electron chi connectivity index (χ4n) is 3.40. The molecule has 5 nitrogen and oxygen atoms in total. The monoisotopic (exact) mass is 293 g/mol. The third kappa shape index (κ3) is 2.01. The second-order valence-corrected chi connectivity index (χ2v) is 6.62. The van der Waals surface area contributed by atoms with Gasteiger partial charge in [0.2, 0.25) is 5.95 Å². The molecule has 2 aromatic rings. The van der Waals surface area contributed by atoms with Crippen LogP contribution in [0.1, 0.15) is 44.3 Å². The first-order chi connectivity index (χ1) is 9.67. The van der Waals surface area contributed by atoms with Crippen LogP contribution in [0.15, 0.2) is 0 Å². The molecule has 6 heteroatoms. The molecule has 0 aromatic carbocycles. The summed E-state index contributed by atoms with van der Waals surface area (Å²) in [5.41, 5.74) is 9.29. The van der Waals surface area contributed by atoms with Gasteiger partial charge in [0, 0.05) is 11.8 Å². The molecule has 20 heavy (non-hydrogen) atoms. The highest BCUT2D eigenvalue weighted by molar-refractivity contribution is 7.99. The molecule has 3 rings (SSSR count). The maximum absolute atomic E-state index is 6.24. The van der Waals surface area contributed by atoms with Gasteiger partial charge in [-0.15, -0.1) is 0 Å². The Bertz CT molecular complexity index is 615. The number of nitrogens with two attached hydrogens (primary N) is 1. The Morgan fingerprint density at radius 2 is 2.10 bits per heavy atom. The van der Waals surface area contributed by atoms with E-state index < -0.39 is 0 Å². The molecule has 1 aliphatic rings. The number of hydrogen-bond acceptors (Lipinski definition) is 4. The zero-order valence-electron chi connectivity index (χ0n) is 12.5. The van der Waals surface area contributed by atoms with Crippen LogP contribution in [-0.2, 0) is 6.54 Å². The van der Waals surface area contributed by atoms with E-state index in [1.165, 1.54) is 25.7 Å². The molecule has 2 heterocycles. The van der Waals surface area contributed by atoms with Gasteiger partial charge in [0.1, 0.15) is 5.52 Å². The molecule has 2 aromatic heterocycles. The summed E-state index contributed by atoms with van der Waals surface area (Å²) in [5.74, 6) is 0.647. The molecule has 0 bridgehead atoms. The summed E-state index contributed by atoms with van der Waals surface area (Å²) in [4.78, 5) is 4.57. The van der Waals surface area contributed by atoms with E-state index in [4.69, 9.17) is 5.73 Å². The lowest BCUT2D eigenvalue weighted by atomic mass is 9.94. The van der Waals surface area contributed by atoms with Gasteiger partial charge in [0.25, 0.3) is 0 Å². The first kappa shape index (κ1) is 13.8. The zero-order chi connectivity index (χ0) is 14.3. The van der Waals surface area contributed by atoms with Gasteiger partial charge in [0.15, 0.2) is 5.65 Å². The van der Waals surface area contributed by atoms with Crippen molar-refractivity contribution in [3.8, 4) is 0 Å². The van der Waals surface area contributed by atoms with Crippen LogP contribution in [-0.4, -0.2) is 30.8 Å². The maximum atomic E-state index is 6.24. The summed E-state index contributed by atoms with van der Waals surface area (Å²) in [6.45, 7) is 4.98. The van der Waals surface area contributed by atoms with Crippen LogP contribution in [0.5, 0.6) is 0 Å². The van der Waals surface area contributed by atoms with E-state index in [0.29, 0.717) is 17.2 Å². The molecule has 0 spiro atoms. The van der Waals surface area contributed by atoms with Crippen molar-refractivity contribution >= 4 is 28.9 Å². The highest BCUT2D eigenvalue weighted by Gasteiger charge is 2.30. The number of nitrogen functional groups attached to an aromatic ring is 1. The van der Waals surface area contributed by atoms with Crippen molar-refractivity contribution in [2.24, 2.45) is 0 Å². The minimum atomic E-state index is 0.449. The van der Waals surface area contributed by atoms with Crippen molar-refractivity contribution < 1.29 is 0 Å². The van der Waals surface area contributed by atoms with Crippen molar-refractivity contribution in [3.05, 3.63) is 5.69 Å². The molecular weight excluding hydrogens is 270 g/mol. The first-order valence-corrected chi connectivity index (χ1v) is 8.69. The smallest absolute Gasteiger partial charge is 0.202 e. The largest absolute Gasteiger partial charge is 0.369 e. The number of aromatic nitrogens is 4. The average molecular weight is 293 g/mol. The third-order valence-electron chi connectivity index (χ3n) is 4.37. The zero-order valence-corrected chi connectivity index (χ0v) is 13.3. The average Bonchev–Trinajstić information content (AvgIpc) is 2.95. The lowest BCUT2D eigenvalue weighted by molar-refractivity contribution is 0.370. The lowest BCUT2D eigenvalue weighted by Gasteiger charge is -2.32. The number of rotatable bonds is 3. The lowest BCUT2D eigenvalue weighted by Crippen LogP contribution is -2.27. The highest BCUT2D eigenvalue weighted by atomic mass is 32.2. The predicted molar refractivity (Wildman–Crippen MR) is 85.1 cm³/mol. The van der Waals surface area contributed by atoms with Crippen LogP contribution in [0, 0.1) is 6.92 Å². The minimum Gasteiger partial charge on any atom is -0.369 e. The summed E-state index contributed by atoms with van der Waals surface area (Å²) < 4.78 is 4.29. The van der Waals surface area contributed by atoms with E-state index in [1.54, 1.807) is 0 Å². The molecule has 110 valence electrons. The Kier molecular flexibility index (Phi) is 3.67. The Hall–Kier alpha value is -1.17. The molecule has 0 saturated heterocycles. The van der Waals surface area contributed by atoms with Crippen molar-refractivity contribution in [1.82, 2.24) is 19.3 Å². The highest BCUT2D eigenvalue weighted by Crippen LogP contribution is 2.39. The van der Waals surface area contributed by atoms with E-state index in [-0.39, 0.29) is 0 Å². The molecule has 2 atom stereocenters. The van der Waals surface area contributed by atoms with Gasteiger partial charge in [-0.1, -0.05) is 12.8 Å². The molecule has 0 aliphatic heterocycles. The second-order valence-electron chi connectivity index (χ2n) is 5.54. The van der Waals surface area contributed by atoms with E-state index in [9.17, 15) is 0 Å². The van der Waals surface area contributed by atoms with Crippen LogP contribution in [0.2, 0.25) is 0 Å². The summed E-state index contributed by atoms with van der Waals surface area (Å²) in [6.07, 6.45) is 7.26. The predicted octanol–water partition coefficient (Wildman–Crippen LogP) is 2.99. The SMILES string of the molecule is CCn1nc(C)c2nc(N)n(C3CCCCC3SC)c21. The maximum Gasteiger partial charge on any atom is 0.202 e. The summed E-state index contributed by atoms with van der Waals surface area (Å²) in [5, 5.41) is 5.22. The van der Waals surface area contributed by atoms with Crippen molar-refractivity contribution in [3.63, 3.8) is 0 Å². The fraction of sp³-hybridized carbons (Fsp3) is 0.714. The number of anilines is 1. The van der Waals surface area contributed by atoms with Gasteiger partial charge in [-0.3, -0.25) is 4.57 Å². The van der Waals surface area contributed by atoms with Crippen molar-refractivity contribution in [1.29, 1.82) is 0 Å². The number of fused-ring (bicyclic) bond motifs is 1. The number of thioether (sulfide) groups is 1. The van der Waals surface area contributed by atoms with Crippen LogP contribution in [0.25, 0.3) is 11.2 Å². The van der Waals surface area contributed by atoms with Gasteiger partial charge in [-0.2, -0.15) is 16.9 Å². The number of hydrogen-bond donors (Lipinski definition) is 1. The van der Waals surface area contributed by atoms with Gasteiger partial charge in [-0.25, -0.2) is 9.67 Å². The third-order valence-corrected chi connectivity index (χ3v) is 5.53. The second kappa shape index (κ2) is 5.31. The number of nitrogens with zero attached hydrogens (tertiary/aromatic N) is 4. The van der Waals surface area contributed by atoms with Gasteiger partial charge >= 0.3 is 0 Å². The topological polar surface area (TPSA) is 61.7 Å². The van der Waals surface area contributed by atoms with Gasteiger partial charge in [-0.05, 0) is 32.9 Å². The molecule has 1 saturated carbocycles. The Labute approximate surface area is 123 Å². The Morgan fingerprint density at radius 1 is 1.35 bits per heavy atom. The summed E-state index contributed by atoms with van der Waals surface area (Å²) in [7, 11) is 0. The molecule has 0 amide bonds. The van der Waals surface area contributed by atoms with E-state index in [0.717, 1.165) is 23.4 Å². The molecule has 1 fully saturated rings. The van der Waals surface area contributed by atoms with Crippen molar-refractivity contribution in [2.45, 2.75) is 57.4 Å². The van der Waals surface area contributed by atoms with Crippen LogP contribution < -0.4 is 5.73 Å². The standard InChI is InChI=1S/C14H23N5S/c1-4-18-13-12(9(2)17-18)16-14(15)19(13)10-7-5-6-8-11(10)20-3/h10-11H,4-8H2,1-3H3,(H2,15,16). The van der Waals surface area contributed by atoms with Gasteiger partial charge < -0.3 is 5.73 Å². The van der Waals surface area contributed by atoms with Crippen LogP contribution in [0.4, 0.5) is 5.95 Å². The first-order valence-electron chi connectivity index (χ1n) is 7.41. The number of aryl methyl sites for hydroxylation is 2. The molecule has 0 radical (unpaired) electrons. The summed E-state index contributed by atoms with van der Waals surface area (Å²) in [6, 6.07) is 0.449. The quantitative estimate of drug-likeness (QED) is 0.945. The van der Waals surface area contributed by atoms with Gasteiger partial charge in [0.05, 0.1) is 11.7 Å². The van der Waals surface area contributed by atoms with Crippen LogP contribution in [0.3, 0.4) is 0 Å². The number of imidazole rings is 1. The van der Waals surface area contributed by atoms with Crippen LogP contribution >= 0.6 is 11.8 Å². The van der Waals surface area contributed by atoms with E-state index >= 15 is 0 Å². The Morgan fingerprint density at radius 3 is 2.80 bits per heavy atom. The van der Waals surface area contributed by atoms with E-state index in [2.05, 4.69) is 27.8 Å². The molecule has 1 aliphatic carbocycles. The molecule has 2 unspecified atom stereocenters. The fourth-order valence-corrected chi connectivity index (χ4v) is 4.38. The summed E-state index contributed by atoms with van der Waals surface area (Å²) >= 11 is 1.96. The normalized spacial score (nSPS) is 23.6. The van der Waals surface area contributed by atoms with E-state index in [1.807, 2.05) is 23.4 Å².